The number of rotatable bonds is 4. The van der Waals surface area contributed by atoms with Crippen LogP contribution in [0.15, 0.2) is 0 Å². The number of ether oxygens (including phenoxy) is 1. The van der Waals surface area contributed by atoms with Crippen molar-refractivity contribution >= 4 is 5.97 Å². The molecule has 1 saturated heterocycles. The van der Waals surface area contributed by atoms with Gasteiger partial charge in [0.25, 0.3) is 0 Å². The first-order valence-corrected chi connectivity index (χ1v) is 7.67. The highest BCUT2D eigenvalue weighted by Crippen LogP contribution is 2.28. The molecule has 2 rings (SSSR count). The number of hydrogen-bond acceptors (Lipinski definition) is 4. The predicted molar refractivity (Wildman–Crippen MR) is 76.1 cm³/mol. The Morgan fingerprint density at radius 1 is 1.32 bits per heavy atom. The van der Waals surface area contributed by atoms with E-state index >= 15 is 0 Å². The minimum atomic E-state index is -0.471. The van der Waals surface area contributed by atoms with Crippen molar-refractivity contribution in [3.63, 3.8) is 0 Å². The van der Waals surface area contributed by atoms with E-state index in [1.807, 2.05) is 0 Å². The molecule has 0 bridgehead atoms. The maximum atomic E-state index is 12.3. The van der Waals surface area contributed by atoms with Crippen molar-refractivity contribution in [2.45, 2.75) is 70.0 Å². The lowest BCUT2D eigenvalue weighted by Gasteiger charge is -2.35. The van der Waals surface area contributed by atoms with Gasteiger partial charge in [-0.25, -0.2) is 0 Å². The van der Waals surface area contributed by atoms with Gasteiger partial charge in [0.05, 0.1) is 7.11 Å². The number of hydrogen-bond donors (Lipinski definition) is 1. The first-order chi connectivity index (χ1) is 9.07. The van der Waals surface area contributed by atoms with E-state index in [2.05, 4.69) is 24.1 Å². The molecule has 0 aromatic carbocycles. The summed E-state index contributed by atoms with van der Waals surface area (Å²) >= 11 is 0. The van der Waals surface area contributed by atoms with Crippen LogP contribution in [0.25, 0.3) is 0 Å². The quantitative estimate of drug-likeness (QED) is 0.791. The maximum absolute atomic E-state index is 12.3. The molecule has 0 spiro atoms. The summed E-state index contributed by atoms with van der Waals surface area (Å²) < 4.78 is 5.08. The topological polar surface area (TPSA) is 41.6 Å². The number of carbonyl (C=O) groups excluding carboxylic acids is 1. The van der Waals surface area contributed by atoms with Gasteiger partial charge in [-0.05, 0) is 33.1 Å². The molecule has 1 unspecified atom stereocenters. The van der Waals surface area contributed by atoms with Crippen LogP contribution in [0.1, 0.15) is 52.4 Å². The van der Waals surface area contributed by atoms with Crippen LogP contribution in [0.4, 0.5) is 0 Å². The van der Waals surface area contributed by atoms with Crippen LogP contribution >= 0.6 is 0 Å². The largest absolute Gasteiger partial charge is 0.468 e. The lowest BCUT2D eigenvalue weighted by atomic mass is 9.90. The molecule has 1 saturated carbocycles. The zero-order chi connectivity index (χ0) is 13.9. The monoisotopic (exact) mass is 268 g/mol. The summed E-state index contributed by atoms with van der Waals surface area (Å²) in [7, 11) is 1.50. The van der Waals surface area contributed by atoms with Crippen LogP contribution < -0.4 is 5.32 Å². The number of likely N-dealkylation sites (tertiary alicyclic amines) is 1. The third-order valence-corrected chi connectivity index (χ3v) is 4.69. The lowest BCUT2D eigenvalue weighted by Crippen LogP contribution is -2.58. The van der Waals surface area contributed by atoms with Gasteiger partial charge in [0, 0.05) is 25.2 Å². The lowest BCUT2D eigenvalue weighted by molar-refractivity contribution is -0.148. The van der Waals surface area contributed by atoms with E-state index in [0.29, 0.717) is 12.1 Å². The minimum absolute atomic E-state index is 0.0822. The van der Waals surface area contributed by atoms with Crippen molar-refractivity contribution < 1.29 is 9.53 Å². The van der Waals surface area contributed by atoms with Crippen molar-refractivity contribution in [1.82, 2.24) is 10.2 Å². The fourth-order valence-corrected chi connectivity index (χ4v) is 3.46. The predicted octanol–water partition coefficient (Wildman–Crippen LogP) is 1.93. The molecule has 0 amide bonds. The summed E-state index contributed by atoms with van der Waals surface area (Å²) in [5.41, 5.74) is -0.471. The Morgan fingerprint density at radius 2 is 2.00 bits per heavy atom. The molecule has 4 nitrogen and oxygen atoms in total. The van der Waals surface area contributed by atoms with Crippen molar-refractivity contribution in [1.29, 1.82) is 0 Å². The molecule has 0 aromatic rings. The van der Waals surface area contributed by atoms with E-state index in [0.717, 1.165) is 19.5 Å². The Kier molecular flexibility index (Phi) is 4.85. The Hall–Kier alpha value is -0.610. The van der Waals surface area contributed by atoms with Crippen LogP contribution in [0.3, 0.4) is 0 Å². The Balaban J connectivity index is 2.05. The minimum Gasteiger partial charge on any atom is -0.468 e. The third kappa shape index (κ3) is 3.29. The molecule has 1 heterocycles. The van der Waals surface area contributed by atoms with Crippen molar-refractivity contribution in [2.75, 3.05) is 20.2 Å². The molecule has 0 aromatic heterocycles. The second-order valence-electron chi connectivity index (χ2n) is 6.37. The average molecular weight is 268 g/mol. The summed E-state index contributed by atoms with van der Waals surface area (Å²) in [6.45, 7) is 6.14. The molecule has 1 N–H and O–H groups in total. The van der Waals surface area contributed by atoms with Crippen molar-refractivity contribution in [3.8, 4) is 0 Å². The van der Waals surface area contributed by atoms with Gasteiger partial charge in [-0.15, -0.1) is 0 Å². The highest BCUT2D eigenvalue weighted by molar-refractivity contribution is 5.81. The van der Waals surface area contributed by atoms with E-state index in [1.165, 1.54) is 39.2 Å². The van der Waals surface area contributed by atoms with Gasteiger partial charge in [-0.2, -0.15) is 0 Å². The summed E-state index contributed by atoms with van der Waals surface area (Å²) in [6, 6.07) is 0.972. The highest BCUT2D eigenvalue weighted by atomic mass is 16.5. The summed E-state index contributed by atoms with van der Waals surface area (Å²) in [5.74, 6) is -0.0822. The average Bonchev–Trinajstić information content (AvgIpc) is 2.84. The van der Waals surface area contributed by atoms with Crippen LogP contribution in [0, 0.1) is 0 Å². The molecule has 2 fully saturated rings. The van der Waals surface area contributed by atoms with Crippen LogP contribution in [-0.2, 0) is 9.53 Å². The van der Waals surface area contributed by atoms with E-state index < -0.39 is 5.54 Å². The molecule has 110 valence electrons. The smallest absolute Gasteiger partial charge is 0.327 e. The molecule has 1 aliphatic carbocycles. The molecular formula is C15H28N2O2. The van der Waals surface area contributed by atoms with Gasteiger partial charge in [0.2, 0.25) is 0 Å². The molecule has 2 aliphatic rings. The van der Waals surface area contributed by atoms with Gasteiger partial charge >= 0.3 is 5.97 Å². The van der Waals surface area contributed by atoms with Gasteiger partial charge < -0.3 is 4.74 Å². The van der Waals surface area contributed by atoms with E-state index in [1.54, 1.807) is 0 Å². The van der Waals surface area contributed by atoms with Crippen LogP contribution in [-0.4, -0.2) is 48.7 Å². The number of esters is 1. The first-order valence-electron chi connectivity index (χ1n) is 7.67. The Bertz CT molecular complexity index is 313. The van der Waals surface area contributed by atoms with Crippen LogP contribution in [0.5, 0.6) is 0 Å². The molecule has 0 radical (unpaired) electrons. The highest BCUT2D eigenvalue weighted by Gasteiger charge is 2.47. The molecule has 1 atom stereocenters. The molecule has 19 heavy (non-hydrogen) atoms. The first kappa shape index (κ1) is 14.8. The van der Waals surface area contributed by atoms with Crippen molar-refractivity contribution in [3.05, 3.63) is 0 Å². The number of nitrogens with zero attached hydrogens (tertiary/aromatic N) is 1. The molecular weight excluding hydrogens is 240 g/mol. The second-order valence-corrected chi connectivity index (χ2v) is 6.37. The number of nitrogens with one attached hydrogen (secondary N) is 1. The van der Waals surface area contributed by atoms with E-state index in [-0.39, 0.29) is 5.97 Å². The standard InChI is InChI=1S/C15H28N2O2/c1-12(2)17-10-9-15(11-17,14(18)19-3)16-13-7-5-4-6-8-13/h12-13,16H,4-11H2,1-3H3. The van der Waals surface area contributed by atoms with Gasteiger partial charge in [0.1, 0.15) is 5.54 Å². The van der Waals surface area contributed by atoms with Crippen LogP contribution in [0.2, 0.25) is 0 Å². The maximum Gasteiger partial charge on any atom is 0.327 e. The zero-order valence-electron chi connectivity index (χ0n) is 12.6. The number of carbonyl (C=O) groups is 1. The van der Waals surface area contributed by atoms with Crippen molar-refractivity contribution in [2.24, 2.45) is 0 Å². The van der Waals surface area contributed by atoms with Gasteiger partial charge in [-0.1, -0.05) is 19.3 Å². The molecule has 1 aliphatic heterocycles. The third-order valence-electron chi connectivity index (χ3n) is 4.69. The molecule has 4 heteroatoms. The zero-order valence-corrected chi connectivity index (χ0v) is 12.6. The normalized spacial score (nSPS) is 29.9. The van der Waals surface area contributed by atoms with Gasteiger partial charge in [-0.3, -0.25) is 15.0 Å². The number of methoxy groups -OCH3 is 1. The second kappa shape index (κ2) is 6.23. The Labute approximate surface area is 116 Å². The summed E-state index contributed by atoms with van der Waals surface area (Å²) in [5, 5.41) is 3.65. The Morgan fingerprint density at radius 3 is 2.53 bits per heavy atom. The SMILES string of the molecule is COC(=O)C1(NC2CCCCC2)CCN(C(C)C)C1. The summed E-state index contributed by atoms with van der Waals surface area (Å²) in [6.07, 6.45) is 7.16. The van der Waals surface area contributed by atoms with E-state index in [4.69, 9.17) is 4.74 Å². The van der Waals surface area contributed by atoms with Gasteiger partial charge in [0.15, 0.2) is 0 Å². The summed E-state index contributed by atoms with van der Waals surface area (Å²) in [4.78, 5) is 14.6. The fraction of sp³-hybridized carbons (Fsp3) is 0.933. The fourth-order valence-electron chi connectivity index (χ4n) is 3.46. The van der Waals surface area contributed by atoms with E-state index in [9.17, 15) is 4.79 Å².